The predicted octanol–water partition coefficient (Wildman–Crippen LogP) is 3.60. The standard InChI is InChI=1S/C15H26N4/c1-5-16-13-10-14(18-11(2)17-13)19-12-6-8-15(3,4)9-7-12/h10,12H,5-9H2,1-4H3,(H2,16,17,18,19). The fraction of sp³-hybridized carbons (Fsp3) is 0.733. The quantitative estimate of drug-likeness (QED) is 0.870. The Morgan fingerprint density at radius 1 is 1.21 bits per heavy atom. The lowest BCUT2D eigenvalue weighted by Crippen LogP contribution is -2.30. The molecule has 1 fully saturated rings. The van der Waals surface area contributed by atoms with E-state index in [1.165, 1.54) is 25.7 Å². The maximum absolute atomic E-state index is 4.48. The van der Waals surface area contributed by atoms with Crippen molar-refractivity contribution in [2.45, 2.75) is 59.4 Å². The summed E-state index contributed by atoms with van der Waals surface area (Å²) < 4.78 is 0. The Kier molecular flexibility index (Phi) is 4.27. The summed E-state index contributed by atoms with van der Waals surface area (Å²) in [6, 6.07) is 2.56. The normalized spacial score (nSPS) is 19.2. The molecular weight excluding hydrogens is 236 g/mol. The van der Waals surface area contributed by atoms with Crippen molar-refractivity contribution in [3.8, 4) is 0 Å². The van der Waals surface area contributed by atoms with Crippen LogP contribution in [0.25, 0.3) is 0 Å². The molecule has 0 radical (unpaired) electrons. The Morgan fingerprint density at radius 2 is 1.84 bits per heavy atom. The number of anilines is 2. The summed E-state index contributed by atoms with van der Waals surface area (Å²) in [5.74, 6) is 2.68. The summed E-state index contributed by atoms with van der Waals surface area (Å²) in [4.78, 5) is 8.86. The summed E-state index contributed by atoms with van der Waals surface area (Å²) in [7, 11) is 0. The zero-order chi connectivity index (χ0) is 13.9. The van der Waals surface area contributed by atoms with E-state index in [4.69, 9.17) is 0 Å². The average molecular weight is 262 g/mol. The first-order valence-electron chi connectivity index (χ1n) is 7.34. The van der Waals surface area contributed by atoms with Crippen molar-refractivity contribution >= 4 is 11.6 Å². The summed E-state index contributed by atoms with van der Waals surface area (Å²) >= 11 is 0. The molecule has 4 nitrogen and oxygen atoms in total. The number of aromatic nitrogens is 2. The van der Waals surface area contributed by atoms with Gasteiger partial charge in [0.05, 0.1) is 0 Å². The third kappa shape index (κ3) is 4.08. The zero-order valence-corrected chi connectivity index (χ0v) is 12.6. The minimum absolute atomic E-state index is 0.509. The Hall–Kier alpha value is -1.32. The van der Waals surface area contributed by atoms with Crippen LogP contribution in [-0.2, 0) is 0 Å². The van der Waals surface area contributed by atoms with Gasteiger partial charge in [-0.05, 0) is 44.9 Å². The minimum atomic E-state index is 0.509. The lowest BCUT2D eigenvalue weighted by molar-refractivity contribution is 0.232. The van der Waals surface area contributed by atoms with Crippen molar-refractivity contribution in [1.82, 2.24) is 9.97 Å². The topological polar surface area (TPSA) is 49.8 Å². The zero-order valence-electron chi connectivity index (χ0n) is 12.6. The van der Waals surface area contributed by atoms with Gasteiger partial charge in [-0.3, -0.25) is 0 Å². The molecular formula is C15H26N4. The fourth-order valence-electron chi connectivity index (χ4n) is 2.67. The van der Waals surface area contributed by atoms with E-state index in [2.05, 4.69) is 41.4 Å². The molecule has 1 aliphatic carbocycles. The third-order valence-electron chi connectivity index (χ3n) is 3.89. The van der Waals surface area contributed by atoms with Crippen LogP contribution in [0.2, 0.25) is 0 Å². The van der Waals surface area contributed by atoms with E-state index in [1.54, 1.807) is 0 Å². The first-order valence-corrected chi connectivity index (χ1v) is 7.34. The van der Waals surface area contributed by atoms with Crippen molar-refractivity contribution in [3.63, 3.8) is 0 Å². The molecule has 0 bridgehead atoms. The van der Waals surface area contributed by atoms with E-state index in [1.807, 2.05) is 13.0 Å². The molecule has 0 atom stereocenters. The molecule has 4 heteroatoms. The van der Waals surface area contributed by atoms with Crippen molar-refractivity contribution in [1.29, 1.82) is 0 Å². The fourth-order valence-corrected chi connectivity index (χ4v) is 2.67. The lowest BCUT2D eigenvalue weighted by Gasteiger charge is -2.34. The summed E-state index contributed by atoms with van der Waals surface area (Å²) in [5, 5.41) is 6.82. The van der Waals surface area contributed by atoms with Crippen LogP contribution in [0.4, 0.5) is 11.6 Å². The predicted molar refractivity (Wildman–Crippen MR) is 80.6 cm³/mol. The number of nitrogens with one attached hydrogen (secondary N) is 2. The smallest absolute Gasteiger partial charge is 0.132 e. The van der Waals surface area contributed by atoms with Crippen molar-refractivity contribution in [2.24, 2.45) is 5.41 Å². The van der Waals surface area contributed by atoms with Gasteiger partial charge in [0, 0.05) is 18.7 Å². The molecule has 2 rings (SSSR count). The van der Waals surface area contributed by atoms with E-state index in [-0.39, 0.29) is 0 Å². The van der Waals surface area contributed by atoms with Crippen LogP contribution in [0.15, 0.2) is 6.07 Å². The van der Waals surface area contributed by atoms with Gasteiger partial charge in [-0.2, -0.15) is 0 Å². The number of rotatable bonds is 4. The molecule has 0 aliphatic heterocycles. The molecule has 0 aromatic carbocycles. The van der Waals surface area contributed by atoms with Gasteiger partial charge in [0.1, 0.15) is 17.5 Å². The molecule has 0 amide bonds. The van der Waals surface area contributed by atoms with Crippen LogP contribution in [0.1, 0.15) is 52.3 Å². The van der Waals surface area contributed by atoms with Crippen molar-refractivity contribution in [2.75, 3.05) is 17.2 Å². The number of hydrogen-bond donors (Lipinski definition) is 2. The molecule has 1 saturated carbocycles. The Bertz CT molecular complexity index is 418. The number of hydrogen-bond acceptors (Lipinski definition) is 4. The molecule has 1 aromatic heterocycles. The largest absolute Gasteiger partial charge is 0.370 e. The highest BCUT2D eigenvalue weighted by molar-refractivity contribution is 5.48. The van der Waals surface area contributed by atoms with E-state index in [0.29, 0.717) is 11.5 Å². The number of aryl methyl sites for hydroxylation is 1. The van der Waals surface area contributed by atoms with Gasteiger partial charge in [-0.15, -0.1) is 0 Å². The number of nitrogens with zero attached hydrogens (tertiary/aromatic N) is 2. The molecule has 1 aliphatic rings. The Balaban J connectivity index is 1.99. The Morgan fingerprint density at radius 3 is 2.47 bits per heavy atom. The van der Waals surface area contributed by atoms with Crippen LogP contribution in [-0.4, -0.2) is 22.6 Å². The van der Waals surface area contributed by atoms with Gasteiger partial charge >= 0.3 is 0 Å². The SMILES string of the molecule is CCNc1cc(NC2CCC(C)(C)CC2)nc(C)n1. The first kappa shape index (κ1) is 14.1. The van der Waals surface area contributed by atoms with Gasteiger partial charge in [0.2, 0.25) is 0 Å². The highest BCUT2D eigenvalue weighted by Crippen LogP contribution is 2.36. The van der Waals surface area contributed by atoms with Crippen LogP contribution in [0, 0.1) is 12.3 Å². The second-order valence-corrected chi connectivity index (χ2v) is 6.30. The minimum Gasteiger partial charge on any atom is -0.370 e. The average Bonchev–Trinajstić information content (AvgIpc) is 2.32. The molecule has 106 valence electrons. The van der Waals surface area contributed by atoms with Gasteiger partial charge in [0.25, 0.3) is 0 Å². The van der Waals surface area contributed by atoms with E-state index in [0.717, 1.165) is 24.0 Å². The third-order valence-corrected chi connectivity index (χ3v) is 3.89. The second kappa shape index (κ2) is 5.76. The first-order chi connectivity index (χ1) is 8.98. The van der Waals surface area contributed by atoms with E-state index < -0.39 is 0 Å². The van der Waals surface area contributed by atoms with Gasteiger partial charge in [-0.1, -0.05) is 13.8 Å². The maximum atomic E-state index is 4.48. The Labute approximate surface area is 116 Å². The summed E-state index contributed by atoms with van der Waals surface area (Å²) in [5.41, 5.74) is 0.509. The van der Waals surface area contributed by atoms with E-state index >= 15 is 0 Å². The highest BCUT2D eigenvalue weighted by atomic mass is 15.1. The van der Waals surface area contributed by atoms with Crippen molar-refractivity contribution < 1.29 is 0 Å². The summed E-state index contributed by atoms with van der Waals surface area (Å²) in [6.07, 6.45) is 5.03. The monoisotopic (exact) mass is 262 g/mol. The van der Waals surface area contributed by atoms with Crippen LogP contribution >= 0.6 is 0 Å². The molecule has 0 unspecified atom stereocenters. The van der Waals surface area contributed by atoms with Crippen molar-refractivity contribution in [3.05, 3.63) is 11.9 Å². The van der Waals surface area contributed by atoms with E-state index in [9.17, 15) is 0 Å². The van der Waals surface area contributed by atoms with Crippen LogP contribution < -0.4 is 10.6 Å². The molecule has 1 heterocycles. The van der Waals surface area contributed by atoms with Gasteiger partial charge in [0.15, 0.2) is 0 Å². The van der Waals surface area contributed by atoms with Crippen LogP contribution in [0.3, 0.4) is 0 Å². The van der Waals surface area contributed by atoms with Gasteiger partial charge < -0.3 is 10.6 Å². The van der Waals surface area contributed by atoms with Crippen LogP contribution in [0.5, 0.6) is 0 Å². The maximum Gasteiger partial charge on any atom is 0.132 e. The summed E-state index contributed by atoms with van der Waals surface area (Å²) in [6.45, 7) is 9.62. The molecule has 0 saturated heterocycles. The molecule has 0 spiro atoms. The lowest BCUT2D eigenvalue weighted by atomic mass is 9.75. The van der Waals surface area contributed by atoms with Gasteiger partial charge in [-0.25, -0.2) is 9.97 Å². The second-order valence-electron chi connectivity index (χ2n) is 6.30. The molecule has 19 heavy (non-hydrogen) atoms. The molecule has 1 aromatic rings. The highest BCUT2D eigenvalue weighted by Gasteiger charge is 2.26. The molecule has 2 N–H and O–H groups in total.